The smallest absolute Gasteiger partial charge is 0.348 e. The molecule has 0 fully saturated rings. The van der Waals surface area contributed by atoms with E-state index in [1.54, 1.807) is 4.57 Å². The minimum Gasteiger partial charge on any atom is -0.494 e. The first-order valence-electron chi connectivity index (χ1n) is 12.5. The van der Waals surface area contributed by atoms with Gasteiger partial charge in [0, 0.05) is 16.5 Å². The van der Waals surface area contributed by atoms with Crippen molar-refractivity contribution in [3.8, 4) is 40.8 Å². The van der Waals surface area contributed by atoms with Crippen LogP contribution in [0.5, 0.6) is 17.2 Å². The van der Waals surface area contributed by atoms with Gasteiger partial charge >= 0.3 is 5.69 Å². The third kappa shape index (κ3) is 5.78. The standard InChI is InChI=1S/C31H32N2O4/c1-6-17-37-26-13-15-28-27(19-26)30(23-11-9-22(10-12-23)21(4)5)32-31(34)33(28)20-24-18-25(35-7-2)14-16-29(24)36-8-3/h1,9-16,18-19,21H,7-8,17,20H2,2-5H3. The lowest BCUT2D eigenvalue weighted by Gasteiger charge is -2.17. The Morgan fingerprint density at radius 1 is 0.919 bits per heavy atom. The second-order valence-corrected chi connectivity index (χ2v) is 8.91. The SMILES string of the molecule is C#CCOc1ccc2c(c1)c(-c1ccc(C(C)C)cc1)nc(=O)n2Cc1cc(OCC)ccc1OCC. The van der Waals surface area contributed by atoms with Gasteiger partial charge in [-0.2, -0.15) is 4.98 Å². The fourth-order valence-corrected chi connectivity index (χ4v) is 4.28. The molecule has 1 heterocycles. The monoisotopic (exact) mass is 496 g/mol. The second kappa shape index (κ2) is 11.7. The summed E-state index contributed by atoms with van der Waals surface area (Å²) in [5, 5.41) is 0.797. The van der Waals surface area contributed by atoms with Crippen LogP contribution in [-0.4, -0.2) is 29.4 Å². The molecule has 0 N–H and O–H groups in total. The van der Waals surface area contributed by atoms with Crippen LogP contribution in [0.3, 0.4) is 0 Å². The summed E-state index contributed by atoms with van der Waals surface area (Å²) in [7, 11) is 0. The Labute approximate surface area is 217 Å². The van der Waals surface area contributed by atoms with Gasteiger partial charge in [0.2, 0.25) is 0 Å². The molecule has 0 bridgehead atoms. The zero-order valence-electron chi connectivity index (χ0n) is 21.8. The number of fused-ring (bicyclic) bond motifs is 1. The molecule has 0 saturated carbocycles. The number of terminal acetylenes is 1. The van der Waals surface area contributed by atoms with Crippen LogP contribution in [0.15, 0.2) is 65.5 Å². The summed E-state index contributed by atoms with van der Waals surface area (Å²) in [5.41, 5.74) is 3.90. The molecule has 4 rings (SSSR count). The summed E-state index contributed by atoms with van der Waals surface area (Å²) < 4.78 is 18.9. The van der Waals surface area contributed by atoms with E-state index in [1.165, 1.54) is 5.56 Å². The molecule has 3 aromatic carbocycles. The Balaban J connectivity index is 1.88. The molecule has 0 atom stereocenters. The van der Waals surface area contributed by atoms with Crippen LogP contribution in [-0.2, 0) is 6.54 Å². The van der Waals surface area contributed by atoms with Gasteiger partial charge in [0.05, 0.1) is 31.0 Å². The average molecular weight is 497 g/mol. The van der Waals surface area contributed by atoms with Crippen molar-refractivity contribution in [3.05, 3.63) is 82.3 Å². The van der Waals surface area contributed by atoms with Gasteiger partial charge in [-0.25, -0.2) is 4.79 Å². The van der Waals surface area contributed by atoms with Crippen molar-refractivity contribution in [1.29, 1.82) is 0 Å². The number of ether oxygens (including phenoxy) is 3. The van der Waals surface area contributed by atoms with Crippen molar-refractivity contribution in [3.63, 3.8) is 0 Å². The third-order valence-electron chi connectivity index (χ3n) is 6.10. The third-order valence-corrected chi connectivity index (χ3v) is 6.10. The predicted molar refractivity (Wildman–Crippen MR) is 148 cm³/mol. The highest BCUT2D eigenvalue weighted by Crippen LogP contribution is 2.31. The van der Waals surface area contributed by atoms with Crippen molar-refractivity contribution >= 4 is 10.9 Å². The Kier molecular flexibility index (Phi) is 8.15. The van der Waals surface area contributed by atoms with E-state index in [4.69, 9.17) is 20.6 Å². The zero-order valence-corrected chi connectivity index (χ0v) is 21.8. The molecule has 0 spiro atoms. The molecule has 0 saturated heterocycles. The molecular formula is C31H32N2O4. The maximum Gasteiger partial charge on any atom is 0.348 e. The first-order chi connectivity index (χ1) is 17.9. The Hall–Kier alpha value is -4.24. The maximum atomic E-state index is 13.5. The number of hydrogen-bond acceptors (Lipinski definition) is 5. The molecule has 0 radical (unpaired) electrons. The molecule has 0 amide bonds. The molecule has 0 aliphatic heterocycles. The zero-order chi connectivity index (χ0) is 26.4. The Morgan fingerprint density at radius 2 is 1.62 bits per heavy atom. The number of aromatic nitrogens is 2. The maximum absolute atomic E-state index is 13.5. The fraction of sp³-hybridized carbons (Fsp3) is 0.290. The van der Waals surface area contributed by atoms with E-state index in [9.17, 15) is 4.79 Å². The van der Waals surface area contributed by atoms with Crippen LogP contribution in [0.25, 0.3) is 22.2 Å². The molecule has 0 aliphatic rings. The van der Waals surface area contributed by atoms with Gasteiger partial charge in [0.25, 0.3) is 0 Å². The minimum absolute atomic E-state index is 0.152. The van der Waals surface area contributed by atoms with Gasteiger partial charge in [-0.1, -0.05) is 44.0 Å². The summed E-state index contributed by atoms with van der Waals surface area (Å²) in [4.78, 5) is 18.0. The number of benzene rings is 3. The molecule has 6 heteroatoms. The first-order valence-corrected chi connectivity index (χ1v) is 12.5. The Bertz CT molecular complexity index is 1480. The topological polar surface area (TPSA) is 62.6 Å². The molecule has 0 unspecified atom stereocenters. The molecule has 6 nitrogen and oxygen atoms in total. The van der Waals surface area contributed by atoms with E-state index in [2.05, 4.69) is 36.9 Å². The molecule has 0 aliphatic carbocycles. The van der Waals surface area contributed by atoms with E-state index in [0.29, 0.717) is 36.3 Å². The quantitative estimate of drug-likeness (QED) is 0.250. The van der Waals surface area contributed by atoms with Crippen molar-refractivity contribution in [1.82, 2.24) is 9.55 Å². The highest BCUT2D eigenvalue weighted by molar-refractivity contribution is 5.93. The molecule has 4 aromatic rings. The van der Waals surface area contributed by atoms with Crippen molar-refractivity contribution in [2.75, 3.05) is 19.8 Å². The van der Waals surface area contributed by atoms with E-state index in [-0.39, 0.29) is 18.8 Å². The fourth-order valence-electron chi connectivity index (χ4n) is 4.28. The van der Waals surface area contributed by atoms with Crippen molar-refractivity contribution in [2.45, 2.75) is 40.2 Å². The summed E-state index contributed by atoms with van der Waals surface area (Å²) in [5.74, 6) is 4.94. The van der Waals surface area contributed by atoms with E-state index < -0.39 is 0 Å². The average Bonchev–Trinajstić information content (AvgIpc) is 2.90. The Morgan fingerprint density at radius 3 is 2.30 bits per heavy atom. The summed E-state index contributed by atoms with van der Waals surface area (Å²) >= 11 is 0. The van der Waals surface area contributed by atoms with Gasteiger partial charge in [-0.05, 0) is 61.7 Å². The van der Waals surface area contributed by atoms with Crippen molar-refractivity contribution < 1.29 is 14.2 Å². The van der Waals surface area contributed by atoms with Crippen LogP contribution >= 0.6 is 0 Å². The van der Waals surface area contributed by atoms with Crippen LogP contribution in [0, 0.1) is 12.3 Å². The van der Waals surface area contributed by atoms with Gasteiger partial charge in [0.1, 0.15) is 23.9 Å². The second-order valence-electron chi connectivity index (χ2n) is 8.91. The molecule has 37 heavy (non-hydrogen) atoms. The van der Waals surface area contributed by atoms with Gasteiger partial charge in [0.15, 0.2) is 0 Å². The molecular weight excluding hydrogens is 464 g/mol. The minimum atomic E-state index is -0.350. The summed E-state index contributed by atoms with van der Waals surface area (Å²) in [6.07, 6.45) is 5.40. The number of hydrogen-bond donors (Lipinski definition) is 0. The number of rotatable bonds is 10. The first kappa shape index (κ1) is 25.8. The highest BCUT2D eigenvalue weighted by atomic mass is 16.5. The van der Waals surface area contributed by atoms with Gasteiger partial charge < -0.3 is 14.2 Å². The summed E-state index contributed by atoms with van der Waals surface area (Å²) in [6.45, 7) is 9.64. The lowest BCUT2D eigenvalue weighted by atomic mass is 9.99. The van der Waals surface area contributed by atoms with Gasteiger partial charge in [-0.3, -0.25) is 4.57 Å². The number of nitrogens with zero attached hydrogens (tertiary/aromatic N) is 2. The van der Waals surface area contributed by atoms with E-state index in [0.717, 1.165) is 27.8 Å². The van der Waals surface area contributed by atoms with Crippen LogP contribution in [0.1, 0.15) is 44.7 Å². The largest absolute Gasteiger partial charge is 0.494 e. The van der Waals surface area contributed by atoms with Crippen LogP contribution in [0.2, 0.25) is 0 Å². The molecule has 1 aromatic heterocycles. The van der Waals surface area contributed by atoms with Crippen LogP contribution < -0.4 is 19.9 Å². The molecule has 190 valence electrons. The van der Waals surface area contributed by atoms with Gasteiger partial charge in [-0.15, -0.1) is 6.42 Å². The van der Waals surface area contributed by atoms with Crippen LogP contribution in [0.4, 0.5) is 0 Å². The lowest BCUT2D eigenvalue weighted by molar-refractivity contribution is 0.326. The van der Waals surface area contributed by atoms with E-state index in [1.807, 2.05) is 62.4 Å². The lowest BCUT2D eigenvalue weighted by Crippen LogP contribution is -2.25. The van der Waals surface area contributed by atoms with Crippen molar-refractivity contribution in [2.24, 2.45) is 0 Å². The summed E-state index contributed by atoms with van der Waals surface area (Å²) in [6, 6.07) is 19.4. The normalized spacial score (nSPS) is 10.9. The predicted octanol–water partition coefficient (Wildman–Crippen LogP) is 6.04. The van der Waals surface area contributed by atoms with E-state index >= 15 is 0 Å². The highest BCUT2D eigenvalue weighted by Gasteiger charge is 2.16.